The number of amides is 1. The molecule has 2 rings (SSSR count). The van der Waals surface area contributed by atoms with Gasteiger partial charge in [0.2, 0.25) is 5.82 Å². The van der Waals surface area contributed by atoms with E-state index in [0.29, 0.717) is 6.54 Å². The maximum absolute atomic E-state index is 12.4. The first kappa shape index (κ1) is 13.3. The maximum Gasteiger partial charge on any atom is 0.297 e. The largest absolute Gasteiger partial charge is 0.306 e. The van der Waals surface area contributed by atoms with Crippen LogP contribution in [0, 0.1) is 6.92 Å². The molecular formula is C14H18N4O. The molecule has 0 aliphatic carbocycles. The summed E-state index contributed by atoms with van der Waals surface area (Å²) in [6, 6.07) is 7.84. The minimum absolute atomic E-state index is 0.178. The number of rotatable bonds is 4. The van der Waals surface area contributed by atoms with E-state index >= 15 is 0 Å². The summed E-state index contributed by atoms with van der Waals surface area (Å²) in [4.78, 5) is 18.2. The van der Waals surface area contributed by atoms with Crippen molar-refractivity contribution in [3.8, 4) is 0 Å². The number of nitrogens with one attached hydrogen (secondary N) is 1. The van der Waals surface area contributed by atoms with Crippen molar-refractivity contribution in [2.75, 3.05) is 11.4 Å². The molecule has 5 nitrogen and oxygen atoms in total. The lowest BCUT2D eigenvalue weighted by molar-refractivity contribution is 0.0978. The van der Waals surface area contributed by atoms with Gasteiger partial charge in [0, 0.05) is 18.7 Å². The van der Waals surface area contributed by atoms with E-state index in [9.17, 15) is 4.79 Å². The summed E-state index contributed by atoms with van der Waals surface area (Å²) in [7, 11) is 0. The van der Waals surface area contributed by atoms with Gasteiger partial charge < -0.3 is 4.90 Å². The highest BCUT2D eigenvalue weighted by atomic mass is 16.2. The fourth-order valence-electron chi connectivity index (χ4n) is 1.84. The van der Waals surface area contributed by atoms with Crippen LogP contribution in [0.15, 0.2) is 24.3 Å². The summed E-state index contributed by atoms with van der Waals surface area (Å²) in [5.74, 6) is 0.768. The molecule has 0 aliphatic rings. The van der Waals surface area contributed by atoms with Crippen molar-refractivity contribution in [1.29, 1.82) is 0 Å². The van der Waals surface area contributed by atoms with E-state index in [4.69, 9.17) is 0 Å². The third kappa shape index (κ3) is 2.81. The molecule has 0 saturated carbocycles. The van der Waals surface area contributed by atoms with Crippen molar-refractivity contribution in [3.05, 3.63) is 41.5 Å². The minimum Gasteiger partial charge on any atom is -0.306 e. The summed E-state index contributed by atoms with van der Waals surface area (Å²) >= 11 is 0. The Morgan fingerprint density at radius 3 is 2.47 bits per heavy atom. The SMILES string of the molecule is CCc1nc(C(=O)N(CC)c2ccc(C)cc2)n[nH]1. The van der Waals surface area contributed by atoms with E-state index in [1.54, 1.807) is 4.90 Å². The molecule has 0 fully saturated rings. The minimum atomic E-state index is -0.178. The van der Waals surface area contributed by atoms with Crippen LogP contribution in [-0.4, -0.2) is 27.6 Å². The molecule has 0 atom stereocenters. The lowest BCUT2D eigenvalue weighted by Crippen LogP contribution is -2.31. The Bertz CT molecular complexity index is 559. The second-order valence-electron chi connectivity index (χ2n) is 4.34. The number of hydrogen-bond acceptors (Lipinski definition) is 3. The molecule has 2 aromatic rings. The Morgan fingerprint density at radius 1 is 1.26 bits per heavy atom. The first-order chi connectivity index (χ1) is 9.15. The Hall–Kier alpha value is -2.17. The molecule has 100 valence electrons. The lowest BCUT2D eigenvalue weighted by atomic mass is 10.2. The third-order valence-corrected chi connectivity index (χ3v) is 2.96. The van der Waals surface area contributed by atoms with E-state index in [1.807, 2.05) is 45.0 Å². The van der Waals surface area contributed by atoms with Gasteiger partial charge in [0.25, 0.3) is 5.91 Å². The van der Waals surface area contributed by atoms with Gasteiger partial charge in [-0.25, -0.2) is 4.98 Å². The standard InChI is InChI=1S/C14H18N4O/c1-4-12-15-13(17-16-12)14(19)18(5-2)11-8-6-10(3)7-9-11/h6-9H,4-5H2,1-3H3,(H,15,16,17). The van der Waals surface area contributed by atoms with E-state index in [1.165, 1.54) is 5.56 Å². The summed E-state index contributed by atoms with van der Waals surface area (Å²) in [5.41, 5.74) is 2.03. The van der Waals surface area contributed by atoms with Crippen molar-refractivity contribution >= 4 is 11.6 Å². The molecule has 5 heteroatoms. The highest BCUT2D eigenvalue weighted by molar-refractivity contribution is 6.03. The number of benzene rings is 1. The topological polar surface area (TPSA) is 61.9 Å². The average Bonchev–Trinajstić information content (AvgIpc) is 2.90. The normalized spacial score (nSPS) is 10.5. The molecule has 0 bridgehead atoms. The summed E-state index contributed by atoms with van der Waals surface area (Å²) in [5, 5.41) is 6.74. The first-order valence-corrected chi connectivity index (χ1v) is 6.45. The Balaban J connectivity index is 2.26. The van der Waals surface area contributed by atoms with Crippen LogP contribution >= 0.6 is 0 Å². The van der Waals surface area contributed by atoms with Gasteiger partial charge in [0.05, 0.1) is 0 Å². The van der Waals surface area contributed by atoms with Crippen LogP contribution in [0.4, 0.5) is 5.69 Å². The second-order valence-corrected chi connectivity index (χ2v) is 4.34. The number of aryl methyl sites for hydroxylation is 2. The van der Waals surface area contributed by atoms with Crippen LogP contribution in [0.1, 0.15) is 35.9 Å². The van der Waals surface area contributed by atoms with Crippen molar-refractivity contribution in [2.24, 2.45) is 0 Å². The third-order valence-electron chi connectivity index (χ3n) is 2.96. The highest BCUT2D eigenvalue weighted by Crippen LogP contribution is 2.16. The van der Waals surface area contributed by atoms with Crippen molar-refractivity contribution in [1.82, 2.24) is 15.2 Å². The van der Waals surface area contributed by atoms with Crippen LogP contribution in [0.3, 0.4) is 0 Å². The number of carbonyl (C=O) groups excluding carboxylic acids is 1. The molecule has 1 aromatic heterocycles. The van der Waals surface area contributed by atoms with Gasteiger partial charge in [-0.3, -0.25) is 9.89 Å². The number of nitrogens with zero attached hydrogens (tertiary/aromatic N) is 3. The van der Waals surface area contributed by atoms with Gasteiger partial charge in [-0.05, 0) is 26.0 Å². The second kappa shape index (κ2) is 5.65. The van der Waals surface area contributed by atoms with E-state index < -0.39 is 0 Å². The van der Waals surface area contributed by atoms with Gasteiger partial charge in [0.1, 0.15) is 5.82 Å². The van der Waals surface area contributed by atoms with Gasteiger partial charge in [-0.1, -0.05) is 24.6 Å². The van der Waals surface area contributed by atoms with Crippen LogP contribution < -0.4 is 4.90 Å². The molecule has 1 N–H and O–H groups in total. The smallest absolute Gasteiger partial charge is 0.297 e. The number of hydrogen-bond donors (Lipinski definition) is 1. The zero-order valence-electron chi connectivity index (χ0n) is 11.5. The molecule has 0 unspecified atom stereocenters. The van der Waals surface area contributed by atoms with Gasteiger partial charge in [0.15, 0.2) is 0 Å². The summed E-state index contributed by atoms with van der Waals surface area (Å²) in [6.45, 7) is 6.50. The quantitative estimate of drug-likeness (QED) is 0.915. The molecule has 19 heavy (non-hydrogen) atoms. The Labute approximate surface area is 112 Å². The fourth-order valence-corrected chi connectivity index (χ4v) is 1.84. The summed E-state index contributed by atoms with van der Waals surface area (Å²) in [6.07, 6.45) is 0.733. The molecule has 0 saturated heterocycles. The highest BCUT2D eigenvalue weighted by Gasteiger charge is 2.20. The van der Waals surface area contributed by atoms with Crippen LogP contribution in [0.2, 0.25) is 0 Å². The monoisotopic (exact) mass is 258 g/mol. The van der Waals surface area contributed by atoms with Crippen molar-refractivity contribution < 1.29 is 4.79 Å². The predicted molar refractivity (Wildman–Crippen MR) is 74.3 cm³/mol. The number of anilines is 1. The zero-order valence-corrected chi connectivity index (χ0v) is 11.5. The van der Waals surface area contributed by atoms with E-state index in [0.717, 1.165) is 17.9 Å². The van der Waals surface area contributed by atoms with Crippen LogP contribution in [0.25, 0.3) is 0 Å². The zero-order chi connectivity index (χ0) is 13.8. The molecule has 0 aliphatic heterocycles. The van der Waals surface area contributed by atoms with E-state index in [2.05, 4.69) is 15.2 Å². The number of aromatic nitrogens is 3. The fraction of sp³-hybridized carbons (Fsp3) is 0.357. The summed E-state index contributed by atoms with van der Waals surface area (Å²) < 4.78 is 0. The molecule has 1 heterocycles. The maximum atomic E-state index is 12.4. The molecular weight excluding hydrogens is 240 g/mol. The van der Waals surface area contributed by atoms with Gasteiger partial charge >= 0.3 is 0 Å². The average molecular weight is 258 g/mol. The van der Waals surface area contributed by atoms with Crippen LogP contribution in [0.5, 0.6) is 0 Å². The number of aromatic amines is 1. The predicted octanol–water partition coefficient (Wildman–Crippen LogP) is 2.34. The number of carbonyl (C=O) groups is 1. The first-order valence-electron chi connectivity index (χ1n) is 6.45. The van der Waals surface area contributed by atoms with Crippen molar-refractivity contribution in [2.45, 2.75) is 27.2 Å². The molecule has 0 spiro atoms. The molecule has 0 radical (unpaired) electrons. The van der Waals surface area contributed by atoms with Crippen LogP contribution in [-0.2, 0) is 6.42 Å². The van der Waals surface area contributed by atoms with Gasteiger partial charge in [-0.2, -0.15) is 0 Å². The van der Waals surface area contributed by atoms with Gasteiger partial charge in [-0.15, -0.1) is 5.10 Å². The van der Waals surface area contributed by atoms with E-state index in [-0.39, 0.29) is 11.7 Å². The Morgan fingerprint density at radius 2 is 1.95 bits per heavy atom. The number of H-pyrrole nitrogens is 1. The molecule has 1 amide bonds. The van der Waals surface area contributed by atoms with Crippen molar-refractivity contribution in [3.63, 3.8) is 0 Å². The molecule has 1 aromatic carbocycles. The Kier molecular flexibility index (Phi) is 3.94. The lowest BCUT2D eigenvalue weighted by Gasteiger charge is -2.19.